The summed E-state index contributed by atoms with van der Waals surface area (Å²) in [5, 5.41) is 17.0. The molecular weight excluding hydrogens is 232 g/mol. The first-order chi connectivity index (χ1) is 8.49. The molecule has 0 aliphatic rings. The van der Waals surface area contributed by atoms with Crippen molar-refractivity contribution in [2.75, 3.05) is 11.1 Å². The molecule has 0 saturated heterocycles. The highest BCUT2D eigenvalue weighted by Gasteiger charge is 2.15. The smallest absolute Gasteiger partial charge is 0.258 e. The van der Waals surface area contributed by atoms with Crippen molar-refractivity contribution < 1.29 is 4.79 Å². The number of amides is 1. The van der Waals surface area contributed by atoms with E-state index in [0.717, 1.165) is 0 Å². The Hall–Kier alpha value is -2.44. The van der Waals surface area contributed by atoms with Crippen molar-refractivity contribution in [1.29, 1.82) is 0 Å². The van der Waals surface area contributed by atoms with E-state index in [-0.39, 0.29) is 5.91 Å². The van der Waals surface area contributed by atoms with Crippen LogP contribution in [0.15, 0.2) is 6.07 Å². The molecule has 0 fully saturated rings. The summed E-state index contributed by atoms with van der Waals surface area (Å²) in [4.78, 5) is 12.1. The van der Waals surface area contributed by atoms with Gasteiger partial charge in [0.05, 0.1) is 28.3 Å². The van der Waals surface area contributed by atoms with E-state index >= 15 is 0 Å². The number of hydrogen-bond donors (Lipinski definition) is 3. The maximum absolute atomic E-state index is 12.1. The van der Waals surface area contributed by atoms with E-state index in [0.29, 0.717) is 34.2 Å². The lowest BCUT2D eigenvalue weighted by molar-refractivity contribution is 0.102. The Morgan fingerprint density at radius 2 is 2.06 bits per heavy atom. The van der Waals surface area contributed by atoms with E-state index in [1.54, 1.807) is 26.8 Å². The van der Waals surface area contributed by atoms with Crippen LogP contribution in [0, 0.1) is 20.8 Å². The SMILES string of the molecule is Cc1cc(C(=O)Nc2n[nH]c(C)c2N)c(C)nn1. The molecule has 1 amide bonds. The molecule has 2 rings (SSSR count). The first-order valence-electron chi connectivity index (χ1n) is 5.41. The molecule has 0 aliphatic heterocycles. The minimum Gasteiger partial charge on any atom is -0.394 e. The van der Waals surface area contributed by atoms with Gasteiger partial charge in [0.1, 0.15) is 0 Å². The Morgan fingerprint density at radius 1 is 1.33 bits per heavy atom. The van der Waals surface area contributed by atoms with Crippen molar-refractivity contribution >= 4 is 17.4 Å². The third-order valence-electron chi connectivity index (χ3n) is 2.57. The molecule has 2 heterocycles. The monoisotopic (exact) mass is 246 g/mol. The van der Waals surface area contributed by atoms with Crippen LogP contribution in [0.3, 0.4) is 0 Å². The van der Waals surface area contributed by atoms with E-state index < -0.39 is 0 Å². The van der Waals surface area contributed by atoms with E-state index in [1.807, 2.05) is 0 Å². The summed E-state index contributed by atoms with van der Waals surface area (Å²) in [6.07, 6.45) is 0. The summed E-state index contributed by atoms with van der Waals surface area (Å²) in [7, 11) is 0. The molecule has 0 saturated carbocycles. The molecule has 0 spiro atoms. The van der Waals surface area contributed by atoms with Crippen LogP contribution in [-0.2, 0) is 0 Å². The van der Waals surface area contributed by atoms with Crippen LogP contribution in [0.5, 0.6) is 0 Å². The van der Waals surface area contributed by atoms with Crippen LogP contribution in [0.2, 0.25) is 0 Å². The molecule has 7 nitrogen and oxygen atoms in total. The highest BCUT2D eigenvalue weighted by Crippen LogP contribution is 2.19. The minimum absolute atomic E-state index is 0.302. The number of aromatic nitrogens is 4. The number of hydrogen-bond acceptors (Lipinski definition) is 5. The molecule has 2 aromatic heterocycles. The number of aryl methyl sites for hydroxylation is 3. The van der Waals surface area contributed by atoms with Gasteiger partial charge in [-0.15, -0.1) is 0 Å². The van der Waals surface area contributed by atoms with Crippen LogP contribution in [0.1, 0.15) is 27.4 Å². The number of nitrogens with one attached hydrogen (secondary N) is 2. The standard InChI is InChI=1S/C11H14N6O/c1-5-4-8(6(2)15-14-5)11(18)13-10-9(12)7(3)16-17-10/h4H,12H2,1-3H3,(H2,13,16,17,18). The van der Waals surface area contributed by atoms with Gasteiger partial charge in [-0.1, -0.05) is 0 Å². The third-order valence-corrected chi connectivity index (χ3v) is 2.57. The van der Waals surface area contributed by atoms with Gasteiger partial charge in [0, 0.05) is 0 Å². The Kier molecular flexibility index (Phi) is 2.97. The van der Waals surface area contributed by atoms with Gasteiger partial charge < -0.3 is 11.1 Å². The number of anilines is 2. The summed E-state index contributed by atoms with van der Waals surface area (Å²) in [5.41, 5.74) is 8.60. The molecule has 18 heavy (non-hydrogen) atoms. The van der Waals surface area contributed by atoms with E-state index in [1.165, 1.54) is 0 Å². The second-order valence-electron chi connectivity index (χ2n) is 4.05. The number of nitrogens with two attached hydrogens (primary N) is 1. The number of nitrogen functional groups attached to an aromatic ring is 1. The van der Waals surface area contributed by atoms with Gasteiger partial charge >= 0.3 is 0 Å². The predicted molar refractivity (Wildman–Crippen MR) is 67.2 cm³/mol. The van der Waals surface area contributed by atoms with Crippen molar-refractivity contribution in [2.24, 2.45) is 0 Å². The van der Waals surface area contributed by atoms with Gasteiger partial charge in [-0.05, 0) is 26.8 Å². The normalized spacial score (nSPS) is 10.4. The van der Waals surface area contributed by atoms with Gasteiger partial charge in [-0.3, -0.25) is 9.89 Å². The lowest BCUT2D eigenvalue weighted by atomic mass is 10.2. The molecule has 0 atom stereocenters. The van der Waals surface area contributed by atoms with E-state index in [2.05, 4.69) is 25.7 Å². The number of carbonyl (C=O) groups excluding carboxylic acids is 1. The van der Waals surface area contributed by atoms with Crippen molar-refractivity contribution in [2.45, 2.75) is 20.8 Å². The summed E-state index contributed by atoms with van der Waals surface area (Å²) < 4.78 is 0. The zero-order valence-electron chi connectivity index (χ0n) is 10.4. The van der Waals surface area contributed by atoms with Crippen molar-refractivity contribution in [3.8, 4) is 0 Å². The molecular formula is C11H14N6O. The van der Waals surface area contributed by atoms with Crippen molar-refractivity contribution in [3.63, 3.8) is 0 Å². The molecule has 4 N–H and O–H groups in total. The van der Waals surface area contributed by atoms with Crippen molar-refractivity contribution in [1.82, 2.24) is 20.4 Å². The largest absolute Gasteiger partial charge is 0.394 e. The van der Waals surface area contributed by atoms with Gasteiger partial charge in [-0.25, -0.2) is 0 Å². The molecule has 0 radical (unpaired) electrons. The number of carbonyl (C=O) groups is 1. The highest BCUT2D eigenvalue weighted by atomic mass is 16.1. The van der Waals surface area contributed by atoms with Crippen LogP contribution >= 0.6 is 0 Å². The number of aromatic amines is 1. The number of nitrogens with zero attached hydrogens (tertiary/aromatic N) is 3. The maximum atomic E-state index is 12.1. The Bertz CT molecular complexity index is 604. The average Bonchev–Trinajstić information content (AvgIpc) is 2.64. The summed E-state index contributed by atoms with van der Waals surface area (Å²) >= 11 is 0. The van der Waals surface area contributed by atoms with Crippen molar-refractivity contribution in [3.05, 3.63) is 28.7 Å². The Labute approximate surface area is 104 Å². The minimum atomic E-state index is -0.302. The molecule has 7 heteroatoms. The summed E-state index contributed by atoms with van der Waals surface area (Å²) in [5.74, 6) is 0.0232. The highest BCUT2D eigenvalue weighted by molar-refractivity contribution is 6.05. The first-order valence-corrected chi connectivity index (χ1v) is 5.41. The molecule has 0 aromatic carbocycles. The van der Waals surface area contributed by atoms with Crippen LogP contribution in [0.4, 0.5) is 11.5 Å². The molecule has 0 aliphatic carbocycles. The van der Waals surface area contributed by atoms with Gasteiger partial charge in [0.15, 0.2) is 5.82 Å². The summed E-state index contributed by atoms with van der Waals surface area (Å²) in [6.45, 7) is 5.28. The number of H-pyrrole nitrogens is 1. The average molecular weight is 246 g/mol. The lowest BCUT2D eigenvalue weighted by Gasteiger charge is -2.05. The Morgan fingerprint density at radius 3 is 2.67 bits per heavy atom. The zero-order valence-corrected chi connectivity index (χ0v) is 10.4. The fourth-order valence-electron chi connectivity index (χ4n) is 1.49. The fraction of sp³-hybridized carbons (Fsp3) is 0.273. The molecule has 2 aromatic rings. The topological polar surface area (TPSA) is 110 Å². The molecule has 0 unspecified atom stereocenters. The van der Waals surface area contributed by atoms with Crippen LogP contribution in [-0.4, -0.2) is 26.3 Å². The fourth-order valence-corrected chi connectivity index (χ4v) is 1.49. The molecule has 0 bridgehead atoms. The van der Waals surface area contributed by atoms with Crippen LogP contribution in [0.25, 0.3) is 0 Å². The third kappa shape index (κ3) is 2.15. The Balaban J connectivity index is 2.27. The first kappa shape index (κ1) is 12.0. The second kappa shape index (κ2) is 4.44. The quantitative estimate of drug-likeness (QED) is 0.731. The molecule has 94 valence electrons. The van der Waals surface area contributed by atoms with Gasteiger partial charge in [0.25, 0.3) is 5.91 Å². The van der Waals surface area contributed by atoms with E-state index in [9.17, 15) is 4.79 Å². The van der Waals surface area contributed by atoms with Crippen LogP contribution < -0.4 is 11.1 Å². The van der Waals surface area contributed by atoms with Gasteiger partial charge in [-0.2, -0.15) is 15.3 Å². The van der Waals surface area contributed by atoms with Gasteiger partial charge in [0.2, 0.25) is 0 Å². The number of rotatable bonds is 2. The van der Waals surface area contributed by atoms with E-state index in [4.69, 9.17) is 5.73 Å². The predicted octanol–water partition coefficient (Wildman–Crippen LogP) is 0.959. The summed E-state index contributed by atoms with van der Waals surface area (Å²) in [6, 6.07) is 1.67. The zero-order chi connectivity index (χ0) is 13.3. The lowest BCUT2D eigenvalue weighted by Crippen LogP contribution is -2.16. The maximum Gasteiger partial charge on any atom is 0.258 e. The second-order valence-corrected chi connectivity index (χ2v) is 4.05.